The highest BCUT2D eigenvalue weighted by molar-refractivity contribution is 6.29. The first-order valence-corrected chi connectivity index (χ1v) is 6.89. The van der Waals surface area contributed by atoms with Gasteiger partial charge >= 0.3 is 0 Å². The van der Waals surface area contributed by atoms with E-state index in [0.717, 1.165) is 30.0 Å². The maximum absolute atomic E-state index is 6.02. The summed E-state index contributed by atoms with van der Waals surface area (Å²) in [7, 11) is 1.60. The molecule has 1 N–H and O–H groups in total. The summed E-state index contributed by atoms with van der Waals surface area (Å²) in [5.74, 6) is 2.68. The van der Waals surface area contributed by atoms with Crippen LogP contribution in [0.4, 0.5) is 5.82 Å². The summed E-state index contributed by atoms with van der Waals surface area (Å²) in [5.41, 5.74) is 1.05. The van der Waals surface area contributed by atoms with Crippen LogP contribution in [0.1, 0.15) is 30.1 Å². The van der Waals surface area contributed by atoms with Crippen LogP contribution in [-0.2, 0) is 6.54 Å². The number of nitrogens with zero attached hydrogens (tertiary/aromatic N) is 3. The van der Waals surface area contributed by atoms with Crippen LogP contribution >= 0.6 is 11.6 Å². The van der Waals surface area contributed by atoms with Crippen molar-refractivity contribution < 1.29 is 4.74 Å². The van der Waals surface area contributed by atoms with Crippen LogP contribution in [0.15, 0.2) is 24.4 Å². The smallest absolute Gasteiger partial charge is 0.212 e. The molecule has 1 saturated carbocycles. The topological polar surface area (TPSA) is 59.9 Å². The quantitative estimate of drug-likeness (QED) is 0.858. The van der Waals surface area contributed by atoms with Crippen molar-refractivity contribution in [3.05, 3.63) is 40.9 Å². The Balaban J connectivity index is 1.67. The zero-order valence-corrected chi connectivity index (χ0v) is 11.9. The van der Waals surface area contributed by atoms with Crippen LogP contribution in [0, 0.1) is 0 Å². The number of aromatic nitrogens is 3. The van der Waals surface area contributed by atoms with E-state index in [4.69, 9.17) is 16.3 Å². The van der Waals surface area contributed by atoms with Crippen LogP contribution in [0.25, 0.3) is 0 Å². The Morgan fingerprint density at radius 2 is 2.20 bits per heavy atom. The molecule has 1 aliphatic carbocycles. The number of hydrogen-bond donors (Lipinski definition) is 1. The molecule has 3 rings (SSSR count). The molecule has 0 spiro atoms. The molecule has 2 heterocycles. The summed E-state index contributed by atoms with van der Waals surface area (Å²) in [6, 6.07) is 5.54. The largest absolute Gasteiger partial charge is 0.481 e. The molecule has 0 amide bonds. The minimum Gasteiger partial charge on any atom is -0.481 e. The molecular weight excluding hydrogens is 276 g/mol. The van der Waals surface area contributed by atoms with Crippen LogP contribution in [0.3, 0.4) is 0 Å². The van der Waals surface area contributed by atoms with Crippen LogP contribution in [0.5, 0.6) is 5.88 Å². The molecular formula is C14H15ClN4O. The van der Waals surface area contributed by atoms with E-state index < -0.39 is 0 Å². The van der Waals surface area contributed by atoms with Crippen molar-refractivity contribution in [2.45, 2.75) is 25.3 Å². The second-order valence-corrected chi connectivity index (χ2v) is 5.16. The summed E-state index contributed by atoms with van der Waals surface area (Å²) in [5, 5.41) is 3.73. The Morgan fingerprint density at radius 1 is 1.35 bits per heavy atom. The minimum absolute atomic E-state index is 0.483. The van der Waals surface area contributed by atoms with E-state index in [0.29, 0.717) is 23.5 Å². The van der Waals surface area contributed by atoms with E-state index in [2.05, 4.69) is 20.3 Å². The lowest BCUT2D eigenvalue weighted by Crippen LogP contribution is -2.04. The van der Waals surface area contributed by atoms with Gasteiger partial charge < -0.3 is 10.1 Å². The van der Waals surface area contributed by atoms with Gasteiger partial charge in [0, 0.05) is 30.8 Å². The number of halogens is 1. The highest BCUT2D eigenvalue weighted by Crippen LogP contribution is 2.38. The molecule has 6 heteroatoms. The van der Waals surface area contributed by atoms with Gasteiger partial charge in [-0.25, -0.2) is 15.0 Å². The molecule has 2 aromatic rings. The van der Waals surface area contributed by atoms with E-state index in [1.807, 2.05) is 12.1 Å². The zero-order chi connectivity index (χ0) is 13.9. The second kappa shape index (κ2) is 5.63. The predicted octanol–water partition coefficient (Wildman–Crippen LogP) is 3.02. The molecule has 5 nitrogen and oxygen atoms in total. The van der Waals surface area contributed by atoms with Crippen LogP contribution < -0.4 is 10.1 Å². The number of ether oxygens (including phenoxy) is 1. The van der Waals surface area contributed by atoms with E-state index in [-0.39, 0.29) is 0 Å². The Labute approximate surface area is 122 Å². The van der Waals surface area contributed by atoms with Gasteiger partial charge in [0.1, 0.15) is 16.8 Å². The maximum Gasteiger partial charge on any atom is 0.212 e. The molecule has 1 aliphatic rings. The first-order valence-electron chi connectivity index (χ1n) is 6.52. The van der Waals surface area contributed by atoms with Crippen LogP contribution in [0.2, 0.25) is 5.15 Å². The number of rotatable bonds is 5. The Hall–Kier alpha value is -1.88. The molecule has 104 valence electrons. The van der Waals surface area contributed by atoms with E-state index in [1.165, 1.54) is 0 Å². The number of nitrogens with one attached hydrogen (secondary N) is 1. The predicted molar refractivity (Wildman–Crippen MR) is 77.1 cm³/mol. The lowest BCUT2D eigenvalue weighted by Gasteiger charge is -2.08. The third kappa shape index (κ3) is 3.17. The van der Waals surface area contributed by atoms with Gasteiger partial charge in [0.05, 0.1) is 7.11 Å². The van der Waals surface area contributed by atoms with Crippen molar-refractivity contribution in [2.75, 3.05) is 12.4 Å². The molecule has 0 aromatic carbocycles. The molecule has 0 atom stereocenters. The standard InChI is InChI=1S/C14H15ClN4O/c1-20-13-5-2-9(8-17-13)7-16-12-6-11(15)18-14(19-12)10-3-4-10/h2,5-6,8,10H,3-4,7H2,1H3,(H,16,18,19). The Morgan fingerprint density at radius 3 is 2.85 bits per heavy atom. The first-order chi connectivity index (χ1) is 9.74. The molecule has 1 fully saturated rings. The highest BCUT2D eigenvalue weighted by Gasteiger charge is 2.27. The fraction of sp³-hybridized carbons (Fsp3) is 0.357. The van der Waals surface area contributed by atoms with Gasteiger partial charge in [-0.05, 0) is 18.4 Å². The minimum atomic E-state index is 0.483. The molecule has 0 bridgehead atoms. The summed E-state index contributed by atoms with van der Waals surface area (Å²) in [6.45, 7) is 0.633. The Bertz CT molecular complexity index is 599. The van der Waals surface area contributed by atoms with Crippen molar-refractivity contribution in [2.24, 2.45) is 0 Å². The fourth-order valence-electron chi connectivity index (χ4n) is 1.88. The van der Waals surface area contributed by atoms with Gasteiger partial charge in [0.2, 0.25) is 5.88 Å². The van der Waals surface area contributed by atoms with Gasteiger partial charge in [-0.2, -0.15) is 0 Å². The molecule has 0 aliphatic heterocycles. The first kappa shape index (κ1) is 13.1. The van der Waals surface area contributed by atoms with E-state index in [1.54, 1.807) is 19.4 Å². The van der Waals surface area contributed by atoms with Gasteiger partial charge in [-0.3, -0.25) is 0 Å². The average Bonchev–Trinajstić information content (AvgIpc) is 3.30. The van der Waals surface area contributed by atoms with E-state index >= 15 is 0 Å². The monoisotopic (exact) mass is 290 g/mol. The van der Waals surface area contributed by atoms with Gasteiger partial charge in [-0.15, -0.1) is 0 Å². The molecule has 0 unspecified atom stereocenters. The molecule has 0 saturated heterocycles. The van der Waals surface area contributed by atoms with Crippen molar-refractivity contribution in [3.8, 4) is 5.88 Å². The third-order valence-electron chi connectivity index (χ3n) is 3.14. The van der Waals surface area contributed by atoms with Crippen molar-refractivity contribution in [1.29, 1.82) is 0 Å². The number of pyridine rings is 1. The van der Waals surface area contributed by atoms with Gasteiger partial charge in [0.25, 0.3) is 0 Å². The SMILES string of the molecule is COc1ccc(CNc2cc(Cl)nc(C3CC3)n2)cn1. The summed E-state index contributed by atoms with van der Waals surface area (Å²) in [4.78, 5) is 12.9. The summed E-state index contributed by atoms with van der Waals surface area (Å²) < 4.78 is 5.03. The number of anilines is 1. The Kier molecular flexibility index (Phi) is 3.69. The molecule has 0 radical (unpaired) electrons. The average molecular weight is 291 g/mol. The molecule has 2 aromatic heterocycles. The third-order valence-corrected chi connectivity index (χ3v) is 3.33. The lowest BCUT2D eigenvalue weighted by molar-refractivity contribution is 0.397. The summed E-state index contributed by atoms with van der Waals surface area (Å²) in [6.07, 6.45) is 4.08. The number of hydrogen-bond acceptors (Lipinski definition) is 5. The van der Waals surface area contributed by atoms with Crippen molar-refractivity contribution in [1.82, 2.24) is 15.0 Å². The summed E-state index contributed by atoms with van der Waals surface area (Å²) >= 11 is 6.02. The number of methoxy groups -OCH3 is 1. The van der Waals surface area contributed by atoms with Crippen molar-refractivity contribution in [3.63, 3.8) is 0 Å². The van der Waals surface area contributed by atoms with Gasteiger partial charge in [0.15, 0.2) is 0 Å². The second-order valence-electron chi connectivity index (χ2n) is 4.77. The van der Waals surface area contributed by atoms with Crippen molar-refractivity contribution >= 4 is 17.4 Å². The highest BCUT2D eigenvalue weighted by atomic mass is 35.5. The van der Waals surface area contributed by atoms with Gasteiger partial charge in [-0.1, -0.05) is 17.7 Å². The van der Waals surface area contributed by atoms with E-state index in [9.17, 15) is 0 Å². The molecule has 20 heavy (non-hydrogen) atoms. The fourth-order valence-corrected chi connectivity index (χ4v) is 2.07. The maximum atomic E-state index is 6.02. The van der Waals surface area contributed by atoms with Crippen LogP contribution in [-0.4, -0.2) is 22.1 Å². The normalized spacial score (nSPS) is 14.1. The zero-order valence-electron chi connectivity index (χ0n) is 11.1. The lowest BCUT2D eigenvalue weighted by atomic mass is 10.3.